The predicted octanol–water partition coefficient (Wildman–Crippen LogP) is 5.76. The van der Waals surface area contributed by atoms with Gasteiger partial charge in [0.2, 0.25) is 11.8 Å². The molecule has 2 amide bonds. The maximum Gasteiger partial charge on any atom is 0.264 e. The minimum atomic E-state index is -4.29. The fourth-order valence-corrected chi connectivity index (χ4v) is 6.38. The van der Waals surface area contributed by atoms with E-state index in [9.17, 15) is 22.4 Å². The maximum absolute atomic E-state index is 14.9. The molecule has 10 heteroatoms. The topological polar surface area (TPSA) is 86.8 Å². The van der Waals surface area contributed by atoms with Crippen molar-refractivity contribution in [2.24, 2.45) is 0 Å². The lowest BCUT2D eigenvalue weighted by Crippen LogP contribution is -2.53. The SMILES string of the molecule is CCNC(=O)[C@@H](Cc1ccccc1)N(Cc1ccccc1F)C(=O)CN(c1ccccc1Cl)S(=O)(=O)c1ccc(C)cc1. The number of nitrogens with zero attached hydrogens (tertiary/aromatic N) is 2. The van der Waals surface area contributed by atoms with Crippen LogP contribution in [-0.2, 0) is 32.6 Å². The number of halogens is 2. The van der Waals surface area contributed by atoms with E-state index in [4.69, 9.17) is 11.6 Å². The summed E-state index contributed by atoms with van der Waals surface area (Å²) in [5, 5.41) is 2.90. The quantitative estimate of drug-likeness (QED) is 0.218. The predicted molar refractivity (Wildman–Crippen MR) is 167 cm³/mol. The highest BCUT2D eigenvalue weighted by Gasteiger charge is 2.35. The number of likely N-dealkylation sites (N-methyl/N-ethyl adjacent to an activating group) is 1. The van der Waals surface area contributed by atoms with Crippen LogP contribution in [0.25, 0.3) is 0 Å². The molecule has 224 valence electrons. The number of para-hydroxylation sites is 1. The van der Waals surface area contributed by atoms with Crippen molar-refractivity contribution in [2.45, 2.75) is 37.8 Å². The van der Waals surface area contributed by atoms with Crippen LogP contribution >= 0.6 is 11.6 Å². The Morgan fingerprint density at radius 1 is 0.884 bits per heavy atom. The molecule has 0 heterocycles. The molecule has 7 nitrogen and oxygen atoms in total. The lowest BCUT2D eigenvalue weighted by atomic mass is 10.0. The first-order chi connectivity index (χ1) is 20.6. The standard InChI is InChI=1S/C33H33ClFN3O4S/c1-3-36-33(40)31(21-25-11-5-4-6-12-25)37(22-26-13-7-9-15-29(26)35)32(39)23-38(30-16-10-8-14-28(30)34)43(41,42)27-19-17-24(2)18-20-27/h4-20,31H,3,21-23H2,1-2H3,(H,36,40)/t31-/m1/s1. The van der Waals surface area contributed by atoms with E-state index in [2.05, 4.69) is 5.32 Å². The van der Waals surface area contributed by atoms with Crippen LogP contribution in [0.4, 0.5) is 10.1 Å². The molecular formula is C33H33ClFN3O4S. The Balaban J connectivity index is 1.81. The monoisotopic (exact) mass is 621 g/mol. The van der Waals surface area contributed by atoms with E-state index in [1.165, 1.54) is 47.4 Å². The second-order valence-corrected chi connectivity index (χ2v) is 12.3. The summed E-state index contributed by atoms with van der Waals surface area (Å²) in [6, 6.07) is 26.6. The van der Waals surface area contributed by atoms with Gasteiger partial charge in [-0.25, -0.2) is 12.8 Å². The van der Waals surface area contributed by atoms with Gasteiger partial charge in [-0.3, -0.25) is 13.9 Å². The molecule has 4 rings (SSSR count). The summed E-state index contributed by atoms with van der Waals surface area (Å²) in [6.07, 6.45) is 0.129. The largest absolute Gasteiger partial charge is 0.355 e. The summed E-state index contributed by atoms with van der Waals surface area (Å²) in [5.74, 6) is -1.70. The highest BCUT2D eigenvalue weighted by atomic mass is 35.5. The second kappa shape index (κ2) is 14.3. The van der Waals surface area contributed by atoms with Crippen LogP contribution in [0.15, 0.2) is 108 Å². The van der Waals surface area contributed by atoms with Gasteiger partial charge < -0.3 is 10.2 Å². The second-order valence-electron chi connectivity index (χ2n) is 9.99. The highest BCUT2D eigenvalue weighted by molar-refractivity contribution is 7.92. The van der Waals surface area contributed by atoms with Gasteiger partial charge in [0, 0.05) is 25.1 Å². The van der Waals surface area contributed by atoms with Gasteiger partial charge in [-0.2, -0.15) is 0 Å². The highest BCUT2D eigenvalue weighted by Crippen LogP contribution is 2.31. The van der Waals surface area contributed by atoms with E-state index in [1.807, 2.05) is 37.3 Å². The Morgan fingerprint density at radius 3 is 2.16 bits per heavy atom. The summed E-state index contributed by atoms with van der Waals surface area (Å²) in [7, 11) is -4.29. The normalized spacial score (nSPS) is 11.9. The summed E-state index contributed by atoms with van der Waals surface area (Å²) >= 11 is 6.47. The molecule has 0 bridgehead atoms. The van der Waals surface area contributed by atoms with Crippen LogP contribution < -0.4 is 9.62 Å². The zero-order chi connectivity index (χ0) is 31.0. The van der Waals surface area contributed by atoms with Gasteiger partial charge in [-0.15, -0.1) is 0 Å². The number of benzene rings is 4. The van der Waals surface area contributed by atoms with Gasteiger partial charge in [0.15, 0.2) is 0 Å². The number of aryl methyl sites for hydroxylation is 1. The minimum absolute atomic E-state index is 0.0314. The van der Waals surface area contributed by atoms with Crippen LogP contribution in [0, 0.1) is 12.7 Å². The summed E-state index contributed by atoms with van der Waals surface area (Å²) in [5.41, 5.74) is 1.92. The first-order valence-electron chi connectivity index (χ1n) is 13.8. The molecule has 0 saturated carbocycles. The number of sulfonamides is 1. The zero-order valence-electron chi connectivity index (χ0n) is 23.9. The molecular weight excluding hydrogens is 589 g/mol. The smallest absolute Gasteiger partial charge is 0.264 e. The molecule has 0 aromatic heterocycles. The van der Waals surface area contributed by atoms with Crippen LogP contribution in [0.5, 0.6) is 0 Å². The van der Waals surface area contributed by atoms with Gasteiger partial charge in [-0.05, 0) is 49.7 Å². The molecule has 0 radical (unpaired) electrons. The Labute approximate surface area is 257 Å². The third kappa shape index (κ3) is 7.80. The van der Waals surface area contributed by atoms with Crippen LogP contribution in [0.3, 0.4) is 0 Å². The number of hydrogen-bond donors (Lipinski definition) is 1. The number of amides is 2. The summed E-state index contributed by atoms with van der Waals surface area (Å²) in [4.78, 5) is 29.0. The Morgan fingerprint density at radius 2 is 1.51 bits per heavy atom. The first-order valence-corrected chi connectivity index (χ1v) is 15.6. The third-order valence-electron chi connectivity index (χ3n) is 6.93. The fraction of sp³-hybridized carbons (Fsp3) is 0.212. The van der Waals surface area contributed by atoms with Crippen molar-refractivity contribution in [1.29, 1.82) is 0 Å². The van der Waals surface area contributed by atoms with E-state index in [0.717, 1.165) is 15.4 Å². The van der Waals surface area contributed by atoms with E-state index in [1.54, 1.807) is 37.3 Å². The average molecular weight is 622 g/mol. The van der Waals surface area contributed by atoms with Gasteiger partial charge in [0.25, 0.3) is 10.0 Å². The molecule has 4 aromatic rings. The minimum Gasteiger partial charge on any atom is -0.355 e. The number of anilines is 1. The third-order valence-corrected chi connectivity index (χ3v) is 9.02. The van der Waals surface area contributed by atoms with Crippen LogP contribution in [-0.4, -0.2) is 44.3 Å². The van der Waals surface area contributed by atoms with Crippen molar-refractivity contribution in [1.82, 2.24) is 10.2 Å². The fourth-order valence-electron chi connectivity index (χ4n) is 4.66. The van der Waals surface area contributed by atoms with E-state index < -0.39 is 40.2 Å². The van der Waals surface area contributed by atoms with Gasteiger partial charge in [0.05, 0.1) is 15.6 Å². The Hall–Kier alpha value is -4.21. The van der Waals surface area contributed by atoms with Crippen LogP contribution in [0.2, 0.25) is 5.02 Å². The molecule has 0 unspecified atom stereocenters. The number of carbonyl (C=O) groups is 2. The molecule has 0 saturated heterocycles. The van der Waals surface area contributed by atoms with Crippen molar-refractivity contribution in [3.8, 4) is 0 Å². The number of hydrogen-bond acceptors (Lipinski definition) is 4. The number of rotatable bonds is 12. The lowest BCUT2D eigenvalue weighted by molar-refractivity contribution is -0.140. The van der Waals surface area contributed by atoms with Crippen molar-refractivity contribution in [3.63, 3.8) is 0 Å². The van der Waals surface area contributed by atoms with Crippen molar-refractivity contribution in [3.05, 3.63) is 131 Å². The maximum atomic E-state index is 14.9. The summed E-state index contributed by atoms with van der Waals surface area (Å²) < 4.78 is 43.9. The molecule has 0 aliphatic heterocycles. The van der Waals surface area contributed by atoms with E-state index >= 15 is 0 Å². The lowest BCUT2D eigenvalue weighted by Gasteiger charge is -2.34. The average Bonchev–Trinajstić information content (AvgIpc) is 2.99. The molecule has 43 heavy (non-hydrogen) atoms. The van der Waals surface area contributed by atoms with Crippen molar-refractivity contribution in [2.75, 3.05) is 17.4 Å². The molecule has 4 aromatic carbocycles. The van der Waals surface area contributed by atoms with Crippen molar-refractivity contribution >= 4 is 39.1 Å². The van der Waals surface area contributed by atoms with E-state index in [-0.39, 0.29) is 34.1 Å². The molecule has 0 spiro atoms. The first kappa shape index (κ1) is 31.7. The van der Waals surface area contributed by atoms with Gasteiger partial charge >= 0.3 is 0 Å². The molecule has 0 aliphatic rings. The van der Waals surface area contributed by atoms with Crippen molar-refractivity contribution < 1.29 is 22.4 Å². The number of nitrogens with one attached hydrogen (secondary N) is 1. The number of carbonyl (C=O) groups excluding carboxylic acids is 2. The Bertz CT molecular complexity index is 1670. The summed E-state index contributed by atoms with van der Waals surface area (Å²) in [6.45, 7) is 2.95. The molecule has 0 aliphatic carbocycles. The molecule has 1 N–H and O–H groups in total. The zero-order valence-corrected chi connectivity index (χ0v) is 25.5. The molecule has 0 fully saturated rings. The Kier molecular flexibility index (Phi) is 10.6. The van der Waals surface area contributed by atoms with Crippen LogP contribution in [0.1, 0.15) is 23.6 Å². The molecule has 1 atom stereocenters. The van der Waals surface area contributed by atoms with Gasteiger partial charge in [-0.1, -0.05) is 90.0 Å². The van der Waals surface area contributed by atoms with E-state index in [0.29, 0.717) is 6.54 Å². The van der Waals surface area contributed by atoms with Gasteiger partial charge in [0.1, 0.15) is 18.4 Å².